The van der Waals surface area contributed by atoms with E-state index in [0.717, 1.165) is 6.42 Å². The van der Waals surface area contributed by atoms with E-state index in [0.29, 0.717) is 18.4 Å². The third-order valence-corrected chi connectivity index (χ3v) is 3.84. The van der Waals surface area contributed by atoms with Gasteiger partial charge in [0.2, 0.25) is 0 Å². The molecule has 0 aromatic carbocycles. The molecule has 0 bridgehead atoms. The van der Waals surface area contributed by atoms with Crippen molar-refractivity contribution in [2.45, 2.75) is 57.9 Å². The lowest BCUT2D eigenvalue weighted by molar-refractivity contribution is -0.301. The topological polar surface area (TPSA) is 99.4 Å². The quantitative estimate of drug-likeness (QED) is 0.522. The van der Waals surface area contributed by atoms with Gasteiger partial charge in [0, 0.05) is 0 Å². The first kappa shape index (κ1) is 16.8. The molecule has 0 aliphatic carbocycles. The van der Waals surface area contributed by atoms with Crippen LogP contribution in [0.3, 0.4) is 0 Å². The van der Waals surface area contributed by atoms with Crippen LogP contribution in [0, 0.1) is 11.8 Å². The van der Waals surface area contributed by atoms with Gasteiger partial charge >= 0.3 is 0 Å². The Morgan fingerprint density at radius 3 is 2.21 bits per heavy atom. The van der Waals surface area contributed by atoms with Gasteiger partial charge in [-0.1, -0.05) is 20.8 Å². The average molecular weight is 278 g/mol. The van der Waals surface area contributed by atoms with Crippen LogP contribution in [-0.4, -0.2) is 64.3 Å². The maximum atomic E-state index is 9.75. The number of hydrogen-bond donors (Lipinski definition) is 4. The molecule has 1 fully saturated rings. The maximum absolute atomic E-state index is 9.75. The molecule has 4 N–H and O–H groups in total. The third kappa shape index (κ3) is 4.37. The number of aliphatic hydroxyl groups excluding tert-OH is 4. The summed E-state index contributed by atoms with van der Waals surface area (Å²) in [5.74, 6) is 1.02. The van der Waals surface area contributed by atoms with Gasteiger partial charge < -0.3 is 29.9 Å². The molecule has 0 aromatic rings. The van der Waals surface area contributed by atoms with Gasteiger partial charge in [-0.05, 0) is 18.3 Å². The molecule has 0 spiro atoms. The molecule has 6 atom stereocenters. The zero-order chi connectivity index (χ0) is 14.6. The minimum Gasteiger partial charge on any atom is -0.394 e. The van der Waals surface area contributed by atoms with E-state index < -0.39 is 37.3 Å². The second-order valence-electron chi connectivity index (χ2n) is 5.58. The Balaban J connectivity index is 2.44. The SMILES string of the molecule is CC(C)C(C)CCO[C@H]1O[C@H](CO)[C@@H](O)[C@H](O)[C@@H]1O. The molecule has 1 aliphatic heterocycles. The molecule has 6 heteroatoms. The van der Waals surface area contributed by atoms with Crippen LogP contribution in [0.4, 0.5) is 0 Å². The van der Waals surface area contributed by atoms with Crippen molar-refractivity contribution < 1.29 is 29.9 Å². The van der Waals surface area contributed by atoms with Crippen LogP contribution in [0.2, 0.25) is 0 Å². The maximum Gasteiger partial charge on any atom is 0.186 e. The Labute approximate surface area is 114 Å². The van der Waals surface area contributed by atoms with E-state index in [2.05, 4.69) is 20.8 Å². The Kier molecular flexibility index (Phi) is 6.65. The average Bonchev–Trinajstić information content (AvgIpc) is 2.38. The molecular weight excluding hydrogens is 252 g/mol. The zero-order valence-electron chi connectivity index (χ0n) is 11.8. The van der Waals surface area contributed by atoms with Crippen molar-refractivity contribution in [3.63, 3.8) is 0 Å². The molecule has 0 saturated carbocycles. The molecular formula is C13H26O6. The van der Waals surface area contributed by atoms with Crippen molar-refractivity contribution >= 4 is 0 Å². The summed E-state index contributed by atoms with van der Waals surface area (Å²) in [5.41, 5.74) is 0. The zero-order valence-corrected chi connectivity index (χ0v) is 11.8. The fourth-order valence-corrected chi connectivity index (χ4v) is 1.91. The van der Waals surface area contributed by atoms with Gasteiger partial charge in [0.15, 0.2) is 6.29 Å². The predicted molar refractivity (Wildman–Crippen MR) is 68.3 cm³/mol. The third-order valence-electron chi connectivity index (χ3n) is 3.84. The molecule has 19 heavy (non-hydrogen) atoms. The first-order valence-electron chi connectivity index (χ1n) is 6.80. The highest BCUT2D eigenvalue weighted by molar-refractivity contribution is 4.88. The molecule has 1 heterocycles. The van der Waals surface area contributed by atoms with Crippen LogP contribution >= 0.6 is 0 Å². The molecule has 6 nitrogen and oxygen atoms in total. The Hall–Kier alpha value is -0.240. The normalized spacial score (nSPS) is 37.6. The molecule has 1 rings (SSSR count). The molecule has 0 radical (unpaired) electrons. The Morgan fingerprint density at radius 2 is 1.68 bits per heavy atom. The summed E-state index contributed by atoms with van der Waals surface area (Å²) >= 11 is 0. The molecule has 0 amide bonds. The van der Waals surface area contributed by atoms with Gasteiger partial charge in [0.1, 0.15) is 24.4 Å². The lowest BCUT2D eigenvalue weighted by Crippen LogP contribution is -2.59. The van der Waals surface area contributed by atoms with Crippen LogP contribution in [0.5, 0.6) is 0 Å². The molecule has 1 aliphatic rings. The summed E-state index contributed by atoms with van der Waals surface area (Å²) in [6.07, 6.45) is -5.15. The number of ether oxygens (including phenoxy) is 2. The predicted octanol–water partition coefficient (Wildman–Crippen LogP) is -0.515. The van der Waals surface area contributed by atoms with Crippen molar-refractivity contribution in [2.24, 2.45) is 11.8 Å². The largest absolute Gasteiger partial charge is 0.394 e. The molecule has 0 aromatic heterocycles. The molecule has 1 saturated heterocycles. The van der Waals surface area contributed by atoms with Crippen molar-refractivity contribution in [1.29, 1.82) is 0 Å². The highest BCUT2D eigenvalue weighted by Gasteiger charge is 2.43. The highest BCUT2D eigenvalue weighted by Crippen LogP contribution is 2.23. The summed E-state index contributed by atoms with van der Waals surface area (Å²) < 4.78 is 10.7. The summed E-state index contributed by atoms with van der Waals surface area (Å²) in [5, 5.41) is 38.0. The van der Waals surface area contributed by atoms with Crippen LogP contribution in [-0.2, 0) is 9.47 Å². The second-order valence-corrected chi connectivity index (χ2v) is 5.58. The van der Waals surface area contributed by atoms with E-state index in [1.54, 1.807) is 0 Å². The van der Waals surface area contributed by atoms with Crippen LogP contribution in [0.1, 0.15) is 27.2 Å². The summed E-state index contributed by atoms with van der Waals surface area (Å²) in [6, 6.07) is 0. The van der Waals surface area contributed by atoms with Gasteiger partial charge in [-0.15, -0.1) is 0 Å². The minimum atomic E-state index is -1.38. The van der Waals surface area contributed by atoms with E-state index in [9.17, 15) is 15.3 Å². The van der Waals surface area contributed by atoms with Crippen LogP contribution < -0.4 is 0 Å². The van der Waals surface area contributed by atoms with E-state index in [4.69, 9.17) is 14.6 Å². The lowest BCUT2D eigenvalue weighted by atomic mass is 9.95. The number of rotatable bonds is 6. The van der Waals surface area contributed by atoms with Gasteiger partial charge in [-0.3, -0.25) is 0 Å². The van der Waals surface area contributed by atoms with E-state index in [1.807, 2.05) is 0 Å². The smallest absolute Gasteiger partial charge is 0.186 e. The summed E-state index contributed by atoms with van der Waals surface area (Å²) in [7, 11) is 0. The van der Waals surface area contributed by atoms with E-state index in [1.165, 1.54) is 0 Å². The van der Waals surface area contributed by atoms with E-state index in [-0.39, 0.29) is 0 Å². The van der Waals surface area contributed by atoms with Crippen molar-refractivity contribution in [3.05, 3.63) is 0 Å². The van der Waals surface area contributed by atoms with Crippen molar-refractivity contribution in [2.75, 3.05) is 13.2 Å². The summed E-state index contributed by atoms with van der Waals surface area (Å²) in [6.45, 7) is 6.31. The van der Waals surface area contributed by atoms with Gasteiger partial charge in [-0.25, -0.2) is 0 Å². The fourth-order valence-electron chi connectivity index (χ4n) is 1.91. The lowest BCUT2D eigenvalue weighted by Gasteiger charge is -2.39. The van der Waals surface area contributed by atoms with Gasteiger partial charge in [-0.2, -0.15) is 0 Å². The fraction of sp³-hybridized carbons (Fsp3) is 1.00. The van der Waals surface area contributed by atoms with Crippen molar-refractivity contribution in [1.82, 2.24) is 0 Å². The Morgan fingerprint density at radius 1 is 1.05 bits per heavy atom. The first-order valence-corrected chi connectivity index (χ1v) is 6.80. The molecule has 114 valence electrons. The summed E-state index contributed by atoms with van der Waals surface area (Å²) in [4.78, 5) is 0. The van der Waals surface area contributed by atoms with Crippen LogP contribution in [0.15, 0.2) is 0 Å². The standard InChI is InChI=1S/C13H26O6/c1-7(2)8(3)4-5-18-13-12(17)11(16)10(15)9(6-14)19-13/h7-17H,4-6H2,1-3H3/t8?,9-,10-,11+,12+,13+/m1/s1. The van der Waals surface area contributed by atoms with Gasteiger partial charge in [0.25, 0.3) is 0 Å². The number of hydrogen-bond acceptors (Lipinski definition) is 6. The van der Waals surface area contributed by atoms with Gasteiger partial charge in [0.05, 0.1) is 13.2 Å². The van der Waals surface area contributed by atoms with Crippen LogP contribution in [0.25, 0.3) is 0 Å². The number of aliphatic hydroxyl groups is 4. The second kappa shape index (κ2) is 7.52. The monoisotopic (exact) mass is 278 g/mol. The Bertz CT molecular complexity index is 258. The van der Waals surface area contributed by atoms with Crippen molar-refractivity contribution in [3.8, 4) is 0 Å². The minimum absolute atomic E-state index is 0.391. The first-order chi connectivity index (χ1) is 8.88. The highest BCUT2D eigenvalue weighted by atomic mass is 16.7. The molecule has 1 unspecified atom stereocenters. The van der Waals surface area contributed by atoms with E-state index >= 15 is 0 Å².